The topological polar surface area (TPSA) is 61.4 Å². The summed E-state index contributed by atoms with van der Waals surface area (Å²) in [6.07, 6.45) is 1.64. The Morgan fingerprint density at radius 1 is 1.41 bits per heavy atom. The molecule has 5 nitrogen and oxygen atoms in total. The maximum atomic E-state index is 12.3. The number of halogens is 1. The summed E-state index contributed by atoms with van der Waals surface area (Å²) < 4.78 is 0. The summed E-state index contributed by atoms with van der Waals surface area (Å²) in [7, 11) is 1.70. The molecule has 2 amide bonds. The number of amides is 2. The predicted molar refractivity (Wildman–Crippen MR) is 93.8 cm³/mol. The van der Waals surface area contributed by atoms with Crippen molar-refractivity contribution in [3.8, 4) is 0 Å². The average molecular weight is 356 g/mol. The molecule has 0 bridgehead atoms. The fourth-order valence-electron chi connectivity index (χ4n) is 1.80. The van der Waals surface area contributed by atoms with Crippen molar-refractivity contribution < 1.29 is 9.59 Å². The van der Waals surface area contributed by atoms with Gasteiger partial charge in [0.05, 0.1) is 4.91 Å². The van der Waals surface area contributed by atoms with Crippen LogP contribution in [0.5, 0.6) is 0 Å². The van der Waals surface area contributed by atoms with E-state index < -0.39 is 0 Å². The summed E-state index contributed by atoms with van der Waals surface area (Å²) in [4.78, 5) is 25.8. The lowest BCUT2D eigenvalue weighted by molar-refractivity contribution is -0.122. The Bertz CT molecular complexity index is 649. The minimum Gasteiger partial charge on any atom is -0.366 e. The van der Waals surface area contributed by atoms with E-state index in [9.17, 15) is 9.59 Å². The molecule has 116 valence electrons. The van der Waals surface area contributed by atoms with Gasteiger partial charge in [0.2, 0.25) is 0 Å². The first-order valence-electron chi connectivity index (χ1n) is 6.48. The van der Waals surface area contributed by atoms with Crippen LogP contribution in [0.4, 0.5) is 4.79 Å². The molecule has 0 saturated carbocycles. The van der Waals surface area contributed by atoms with Crippen LogP contribution in [0.2, 0.25) is 5.02 Å². The molecule has 22 heavy (non-hydrogen) atoms. The van der Waals surface area contributed by atoms with Crippen molar-refractivity contribution >= 4 is 57.9 Å². The monoisotopic (exact) mass is 355 g/mol. The maximum Gasteiger partial charge on any atom is 0.293 e. The number of thioether (sulfide) groups is 1. The van der Waals surface area contributed by atoms with Gasteiger partial charge < -0.3 is 10.6 Å². The zero-order chi connectivity index (χ0) is 16.1. The van der Waals surface area contributed by atoms with Crippen molar-refractivity contribution in [2.75, 3.05) is 20.1 Å². The number of carbonyl (C=O) groups excluding carboxylic acids is 2. The first kappa shape index (κ1) is 16.8. The number of thiocarbonyl (C=S) groups is 1. The van der Waals surface area contributed by atoms with Crippen LogP contribution >= 0.6 is 35.6 Å². The Kier molecular flexibility index (Phi) is 5.82. The molecular formula is C14H14ClN3O2S2. The minimum atomic E-state index is -0.313. The first-order valence-corrected chi connectivity index (χ1v) is 8.08. The fraction of sp³-hybridized carbons (Fsp3) is 0.214. The third kappa shape index (κ3) is 4.00. The van der Waals surface area contributed by atoms with E-state index in [-0.39, 0.29) is 17.7 Å². The van der Waals surface area contributed by atoms with Crippen molar-refractivity contribution in [1.29, 1.82) is 0 Å². The average Bonchev–Trinajstić information content (AvgIpc) is 2.76. The Labute approximate surface area is 143 Å². The van der Waals surface area contributed by atoms with E-state index in [1.807, 2.05) is 12.1 Å². The van der Waals surface area contributed by atoms with Crippen molar-refractivity contribution in [1.82, 2.24) is 15.5 Å². The Morgan fingerprint density at radius 2 is 2.14 bits per heavy atom. The van der Waals surface area contributed by atoms with Crippen molar-refractivity contribution in [3.63, 3.8) is 0 Å². The molecule has 0 unspecified atom stereocenters. The zero-order valence-electron chi connectivity index (χ0n) is 11.8. The number of hydrogen-bond donors (Lipinski definition) is 2. The number of benzene rings is 1. The van der Waals surface area contributed by atoms with E-state index in [0.29, 0.717) is 27.1 Å². The van der Waals surface area contributed by atoms with Gasteiger partial charge in [-0.1, -0.05) is 29.8 Å². The number of rotatable bonds is 4. The largest absolute Gasteiger partial charge is 0.366 e. The molecule has 1 aliphatic rings. The summed E-state index contributed by atoms with van der Waals surface area (Å²) in [5.74, 6) is -0.313. The van der Waals surface area contributed by atoms with Crippen LogP contribution in [0, 0.1) is 0 Å². The third-order valence-corrected chi connectivity index (χ3v) is 4.51. The Balaban J connectivity index is 2.05. The number of imide groups is 1. The third-order valence-electron chi connectivity index (χ3n) is 2.91. The van der Waals surface area contributed by atoms with Crippen LogP contribution in [0.3, 0.4) is 0 Å². The molecule has 2 rings (SSSR count). The van der Waals surface area contributed by atoms with Crippen LogP contribution in [-0.4, -0.2) is 41.3 Å². The van der Waals surface area contributed by atoms with Gasteiger partial charge in [-0.2, -0.15) is 0 Å². The van der Waals surface area contributed by atoms with Gasteiger partial charge in [0.25, 0.3) is 11.1 Å². The van der Waals surface area contributed by atoms with Gasteiger partial charge in [0.1, 0.15) is 0 Å². The lowest BCUT2D eigenvalue weighted by atomic mass is 10.2. The first-order chi connectivity index (χ1) is 10.5. The molecule has 0 radical (unpaired) electrons. The summed E-state index contributed by atoms with van der Waals surface area (Å²) in [6, 6.07) is 7.16. The summed E-state index contributed by atoms with van der Waals surface area (Å²) in [5.41, 5.74) is 0.712. The number of carbonyl (C=O) groups is 2. The van der Waals surface area contributed by atoms with E-state index in [1.165, 1.54) is 4.90 Å². The Morgan fingerprint density at radius 3 is 2.82 bits per heavy atom. The maximum absolute atomic E-state index is 12.3. The fourth-order valence-corrected chi connectivity index (χ4v) is 2.94. The van der Waals surface area contributed by atoms with Crippen LogP contribution in [-0.2, 0) is 4.79 Å². The van der Waals surface area contributed by atoms with Crippen LogP contribution in [0.15, 0.2) is 29.2 Å². The molecule has 0 spiro atoms. The molecule has 2 N–H and O–H groups in total. The molecule has 1 fully saturated rings. The van der Waals surface area contributed by atoms with Crippen molar-refractivity contribution in [2.24, 2.45) is 0 Å². The van der Waals surface area contributed by atoms with Gasteiger partial charge in [-0.3, -0.25) is 14.5 Å². The molecule has 0 aliphatic carbocycles. The second-order valence-corrected chi connectivity index (χ2v) is 6.17. The number of hydrogen-bond acceptors (Lipinski definition) is 4. The molecule has 0 atom stereocenters. The molecular weight excluding hydrogens is 342 g/mol. The molecule has 1 aromatic carbocycles. The molecule has 1 aliphatic heterocycles. The lowest BCUT2D eigenvalue weighted by Crippen LogP contribution is -2.40. The van der Waals surface area contributed by atoms with Gasteiger partial charge >= 0.3 is 0 Å². The highest BCUT2D eigenvalue weighted by Gasteiger charge is 2.34. The van der Waals surface area contributed by atoms with E-state index in [0.717, 1.165) is 11.8 Å². The molecule has 8 heteroatoms. The zero-order valence-corrected chi connectivity index (χ0v) is 14.1. The highest BCUT2D eigenvalue weighted by atomic mass is 35.5. The lowest BCUT2D eigenvalue weighted by Gasteiger charge is -2.13. The number of nitrogens with zero attached hydrogens (tertiary/aromatic N) is 1. The van der Waals surface area contributed by atoms with Gasteiger partial charge in [-0.05, 0) is 41.7 Å². The van der Waals surface area contributed by atoms with E-state index >= 15 is 0 Å². The highest BCUT2D eigenvalue weighted by Crippen LogP contribution is 2.33. The van der Waals surface area contributed by atoms with Crippen molar-refractivity contribution in [2.45, 2.75) is 0 Å². The van der Waals surface area contributed by atoms with Gasteiger partial charge in [0.15, 0.2) is 5.11 Å². The van der Waals surface area contributed by atoms with E-state index in [1.54, 1.807) is 25.3 Å². The smallest absolute Gasteiger partial charge is 0.293 e. The van der Waals surface area contributed by atoms with E-state index in [4.69, 9.17) is 23.8 Å². The molecule has 1 aromatic rings. The normalized spacial score (nSPS) is 16.3. The second-order valence-electron chi connectivity index (χ2n) is 4.36. The van der Waals surface area contributed by atoms with Gasteiger partial charge in [0, 0.05) is 25.2 Å². The van der Waals surface area contributed by atoms with Crippen LogP contribution in [0.25, 0.3) is 6.08 Å². The quantitative estimate of drug-likeness (QED) is 0.639. The highest BCUT2D eigenvalue weighted by molar-refractivity contribution is 8.18. The summed E-state index contributed by atoms with van der Waals surface area (Å²) in [5, 5.41) is 6.38. The molecule has 1 heterocycles. The van der Waals surface area contributed by atoms with Crippen molar-refractivity contribution in [3.05, 3.63) is 39.8 Å². The summed E-state index contributed by atoms with van der Waals surface area (Å²) in [6.45, 7) is 0.656. The Hall–Kier alpha value is -1.57. The minimum absolute atomic E-state index is 0.256. The second kappa shape index (κ2) is 7.62. The van der Waals surface area contributed by atoms with Gasteiger partial charge in [-0.15, -0.1) is 0 Å². The van der Waals surface area contributed by atoms with Crippen LogP contribution in [0.1, 0.15) is 5.56 Å². The molecule has 0 aromatic heterocycles. The van der Waals surface area contributed by atoms with E-state index in [2.05, 4.69) is 10.6 Å². The summed E-state index contributed by atoms with van der Waals surface area (Å²) >= 11 is 11.9. The SMILES string of the molecule is CNC(=S)NCCN1C(=O)S/C(=C\c2ccccc2Cl)C1=O. The standard InChI is InChI=1S/C14H14ClN3O2S2/c1-16-13(21)17-6-7-18-12(19)11(22-14(18)20)8-9-4-2-3-5-10(9)15/h2-5,8H,6-7H2,1H3,(H2,16,17,21)/b11-8-. The molecule has 1 saturated heterocycles. The predicted octanol–water partition coefficient (Wildman–Crippen LogP) is 2.47. The van der Waals surface area contributed by atoms with Gasteiger partial charge in [-0.25, -0.2) is 0 Å². The number of nitrogens with one attached hydrogen (secondary N) is 2. The van der Waals surface area contributed by atoms with Crippen LogP contribution < -0.4 is 10.6 Å².